The number of aromatic nitrogens is 2. The van der Waals surface area contributed by atoms with Crippen molar-refractivity contribution >= 4 is 5.82 Å². The molecule has 1 aliphatic heterocycles. The van der Waals surface area contributed by atoms with Gasteiger partial charge < -0.3 is 14.6 Å². The van der Waals surface area contributed by atoms with Crippen molar-refractivity contribution in [3.63, 3.8) is 0 Å². The molecule has 2 rings (SSSR count). The van der Waals surface area contributed by atoms with E-state index in [4.69, 9.17) is 4.74 Å². The molecule has 1 fully saturated rings. The van der Waals surface area contributed by atoms with Crippen LogP contribution >= 0.6 is 0 Å². The maximum atomic E-state index is 12.2. The summed E-state index contributed by atoms with van der Waals surface area (Å²) in [5, 5.41) is 3.23. The summed E-state index contributed by atoms with van der Waals surface area (Å²) in [4.78, 5) is 16.4. The van der Waals surface area contributed by atoms with Gasteiger partial charge in [-0.25, -0.2) is 4.98 Å². The van der Waals surface area contributed by atoms with Crippen LogP contribution in [0.2, 0.25) is 0 Å². The number of rotatable bonds is 4. The zero-order chi connectivity index (χ0) is 13.2. The highest BCUT2D eigenvalue weighted by Crippen LogP contribution is 2.21. The summed E-state index contributed by atoms with van der Waals surface area (Å²) in [5.74, 6) is 0.856. The van der Waals surface area contributed by atoms with E-state index in [0.29, 0.717) is 24.9 Å². The van der Waals surface area contributed by atoms with Gasteiger partial charge in [0.15, 0.2) is 5.82 Å². The van der Waals surface area contributed by atoms with Crippen LogP contribution in [0, 0.1) is 5.92 Å². The molecule has 0 bridgehead atoms. The first-order valence-electron chi connectivity index (χ1n) is 6.41. The van der Waals surface area contributed by atoms with E-state index < -0.39 is 0 Å². The van der Waals surface area contributed by atoms with Crippen LogP contribution in [0.25, 0.3) is 0 Å². The summed E-state index contributed by atoms with van der Waals surface area (Å²) in [6.07, 6.45) is 4.31. The molecular weight excluding hydrogens is 230 g/mol. The third-order valence-electron chi connectivity index (χ3n) is 3.11. The Kier molecular flexibility index (Phi) is 3.71. The zero-order valence-corrected chi connectivity index (χ0v) is 11.3. The highest BCUT2D eigenvalue weighted by atomic mass is 16.5. The van der Waals surface area contributed by atoms with Gasteiger partial charge in [0.25, 0.3) is 5.56 Å². The lowest BCUT2D eigenvalue weighted by molar-refractivity contribution is 0.185. The molecule has 5 heteroatoms. The predicted octanol–water partition coefficient (Wildman–Crippen LogP) is 1.49. The van der Waals surface area contributed by atoms with Gasteiger partial charge in [-0.1, -0.05) is 13.8 Å². The van der Waals surface area contributed by atoms with E-state index in [0.717, 1.165) is 13.0 Å². The second-order valence-electron chi connectivity index (χ2n) is 5.62. The average molecular weight is 251 g/mol. The first-order valence-corrected chi connectivity index (χ1v) is 6.41. The van der Waals surface area contributed by atoms with Crippen molar-refractivity contribution < 1.29 is 4.74 Å². The van der Waals surface area contributed by atoms with Gasteiger partial charge in [0.05, 0.1) is 12.1 Å². The van der Waals surface area contributed by atoms with E-state index in [2.05, 4.69) is 31.1 Å². The lowest BCUT2D eigenvalue weighted by Gasteiger charge is -2.24. The number of ether oxygens (including phenoxy) is 1. The molecule has 1 aromatic heterocycles. The van der Waals surface area contributed by atoms with Crippen molar-refractivity contribution in [2.45, 2.75) is 39.3 Å². The molecule has 0 spiro atoms. The molecule has 0 aliphatic carbocycles. The summed E-state index contributed by atoms with van der Waals surface area (Å²) in [6.45, 7) is 8.30. The Bertz CT molecular complexity index is 462. The van der Waals surface area contributed by atoms with Gasteiger partial charge in [-0.05, 0) is 19.3 Å². The maximum Gasteiger partial charge on any atom is 0.293 e. The maximum absolute atomic E-state index is 12.2. The van der Waals surface area contributed by atoms with Crippen LogP contribution in [0.1, 0.15) is 27.2 Å². The molecule has 1 aromatic rings. The lowest BCUT2D eigenvalue weighted by atomic mass is 10.0. The zero-order valence-electron chi connectivity index (χ0n) is 11.3. The van der Waals surface area contributed by atoms with Crippen LogP contribution in [0.3, 0.4) is 0 Å². The molecule has 1 atom stereocenters. The lowest BCUT2D eigenvalue weighted by Crippen LogP contribution is -2.39. The molecule has 2 heterocycles. The van der Waals surface area contributed by atoms with E-state index in [9.17, 15) is 4.79 Å². The van der Waals surface area contributed by atoms with Crippen LogP contribution < -0.4 is 10.9 Å². The van der Waals surface area contributed by atoms with E-state index in [-0.39, 0.29) is 11.1 Å². The minimum Gasteiger partial charge on any atom is -0.379 e. The highest BCUT2D eigenvalue weighted by molar-refractivity contribution is 5.35. The van der Waals surface area contributed by atoms with Crippen molar-refractivity contribution in [3.05, 3.63) is 22.7 Å². The summed E-state index contributed by atoms with van der Waals surface area (Å²) < 4.78 is 7.08. The SMILES string of the molecule is CC(C)Cn1ccnc(NC2(C)CCOC2)c1=O. The van der Waals surface area contributed by atoms with Crippen molar-refractivity contribution in [2.24, 2.45) is 5.92 Å². The summed E-state index contributed by atoms with van der Waals surface area (Å²) in [5.41, 5.74) is -0.234. The Labute approximate surface area is 107 Å². The average Bonchev–Trinajstić information content (AvgIpc) is 2.70. The van der Waals surface area contributed by atoms with Gasteiger partial charge >= 0.3 is 0 Å². The number of anilines is 1. The summed E-state index contributed by atoms with van der Waals surface area (Å²) in [7, 11) is 0. The molecule has 1 aliphatic rings. The number of nitrogens with zero attached hydrogens (tertiary/aromatic N) is 2. The Morgan fingerprint density at radius 1 is 1.61 bits per heavy atom. The Morgan fingerprint density at radius 2 is 2.39 bits per heavy atom. The molecule has 0 saturated carbocycles. The smallest absolute Gasteiger partial charge is 0.293 e. The fraction of sp³-hybridized carbons (Fsp3) is 0.692. The van der Waals surface area contributed by atoms with Crippen LogP contribution in [0.5, 0.6) is 0 Å². The standard InChI is InChI=1S/C13H21N3O2/c1-10(2)8-16-6-5-14-11(12(16)17)15-13(3)4-7-18-9-13/h5-6,10H,4,7-9H2,1-3H3,(H,14,15). The fourth-order valence-electron chi connectivity index (χ4n) is 2.12. The molecule has 0 aromatic carbocycles. The predicted molar refractivity (Wildman–Crippen MR) is 70.8 cm³/mol. The topological polar surface area (TPSA) is 56.1 Å². The minimum atomic E-state index is -0.177. The van der Waals surface area contributed by atoms with E-state index in [1.54, 1.807) is 17.0 Å². The second-order valence-corrected chi connectivity index (χ2v) is 5.62. The summed E-state index contributed by atoms with van der Waals surface area (Å²) >= 11 is 0. The first kappa shape index (κ1) is 13.1. The Hall–Kier alpha value is -1.36. The van der Waals surface area contributed by atoms with Gasteiger partial charge in [0.2, 0.25) is 0 Å². The molecule has 1 saturated heterocycles. The largest absolute Gasteiger partial charge is 0.379 e. The molecular formula is C13H21N3O2. The molecule has 1 N–H and O–H groups in total. The van der Waals surface area contributed by atoms with E-state index >= 15 is 0 Å². The minimum absolute atomic E-state index is 0.0562. The highest BCUT2D eigenvalue weighted by Gasteiger charge is 2.30. The van der Waals surface area contributed by atoms with Crippen molar-refractivity contribution in [2.75, 3.05) is 18.5 Å². The van der Waals surface area contributed by atoms with Crippen LogP contribution in [0.15, 0.2) is 17.2 Å². The van der Waals surface area contributed by atoms with Crippen molar-refractivity contribution in [3.8, 4) is 0 Å². The fourth-order valence-corrected chi connectivity index (χ4v) is 2.12. The van der Waals surface area contributed by atoms with E-state index in [1.807, 2.05) is 0 Å². The van der Waals surface area contributed by atoms with Crippen LogP contribution in [-0.4, -0.2) is 28.3 Å². The molecule has 1 unspecified atom stereocenters. The number of nitrogens with one attached hydrogen (secondary N) is 1. The monoisotopic (exact) mass is 251 g/mol. The normalized spacial score (nSPS) is 23.6. The molecule has 5 nitrogen and oxygen atoms in total. The van der Waals surface area contributed by atoms with Gasteiger partial charge in [0, 0.05) is 25.5 Å². The molecule has 0 amide bonds. The Morgan fingerprint density at radius 3 is 3.00 bits per heavy atom. The van der Waals surface area contributed by atoms with E-state index in [1.165, 1.54) is 0 Å². The number of hydrogen-bond donors (Lipinski definition) is 1. The molecule has 100 valence electrons. The third-order valence-corrected chi connectivity index (χ3v) is 3.11. The summed E-state index contributed by atoms with van der Waals surface area (Å²) in [6, 6.07) is 0. The Balaban J connectivity index is 2.20. The van der Waals surface area contributed by atoms with Crippen molar-refractivity contribution in [1.29, 1.82) is 0 Å². The third kappa shape index (κ3) is 2.90. The van der Waals surface area contributed by atoms with Gasteiger partial charge in [-0.15, -0.1) is 0 Å². The van der Waals surface area contributed by atoms with Crippen LogP contribution in [0.4, 0.5) is 5.82 Å². The number of hydrogen-bond acceptors (Lipinski definition) is 4. The van der Waals surface area contributed by atoms with Crippen molar-refractivity contribution in [1.82, 2.24) is 9.55 Å². The van der Waals surface area contributed by atoms with Gasteiger partial charge in [-0.3, -0.25) is 4.79 Å². The van der Waals surface area contributed by atoms with Gasteiger partial charge in [0.1, 0.15) is 0 Å². The molecule has 18 heavy (non-hydrogen) atoms. The molecule has 0 radical (unpaired) electrons. The quantitative estimate of drug-likeness (QED) is 0.881. The second kappa shape index (κ2) is 5.10. The first-order chi connectivity index (χ1) is 8.50. The van der Waals surface area contributed by atoms with Crippen LogP contribution in [-0.2, 0) is 11.3 Å². The van der Waals surface area contributed by atoms with Gasteiger partial charge in [-0.2, -0.15) is 0 Å².